The summed E-state index contributed by atoms with van der Waals surface area (Å²) in [7, 11) is 5.31. The van der Waals surface area contributed by atoms with Crippen LogP contribution in [0, 0.1) is 23.7 Å². The van der Waals surface area contributed by atoms with Gasteiger partial charge in [0.2, 0.25) is 0 Å². The quantitative estimate of drug-likeness (QED) is 0.162. The largest absolute Gasteiger partial charge is 0.463 e. The van der Waals surface area contributed by atoms with Crippen molar-refractivity contribution in [2.45, 2.75) is 148 Å². The Kier molecular flexibility index (Phi) is 16.4. The monoisotopic (exact) mass is 813 g/mol. The van der Waals surface area contributed by atoms with Gasteiger partial charge in [0.15, 0.2) is 6.29 Å². The molecule has 0 amide bonds. The van der Waals surface area contributed by atoms with Gasteiger partial charge in [-0.1, -0.05) is 58.0 Å². The number of aliphatic hydroxyl groups is 3. The van der Waals surface area contributed by atoms with Crippen LogP contribution in [-0.2, 0) is 39.7 Å². The number of ether oxygens (including phenoxy) is 5. The number of hydrogen-bond donors (Lipinski definition) is 3. The van der Waals surface area contributed by atoms with Gasteiger partial charge in [-0.3, -0.25) is 9.59 Å². The number of hydrogen-bond acceptors (Lipinski definition) is 14. The minimum Gasteiger partial charge on any atom is -0.463 e. The zero-order chi connectivity index (χ0) is 43.1. The van der Waals surface area contributed by atoms with Gasteiger partial charge in [-0.2, -0.15) is 10.2 Å². The van der Waals surface area contributed by atoms with Gasteiger partial charge in [0.1, 0.15) is 35.4 Å². The smallest absolute Gasteiger partial charge is 0.312 e. The lowest BCUT2D eigenvalue weighted by Gasteiger charge is -2.48. The van der Waals surface area contributed by atoms with E-state index < -0.39 is 83.6 Å². The molecule has 3 N–H and O–H groups in total. The average molecular weight is 814 g/mol. The van der Waals surface area contributed by atoms with E-state index in [-0.39, 0.29) is 31.4 Å². The zero-order valence-electron chi connectivity index (χ0n) is 36.3. The van der Waals surface area contributed by atoms with Crippen LogP contribution in [0.25, 0.3) is 0 Å². The molecule has 14 heteroatoms. The van der Waals surface area contributed by atoms with Gasteiger partial charge in [0, 0.05) is 30.7 Å². The van der Waals surface area contributed by atoms with E-state index in [0.29, 0.717) is 23.6 Å². The third-order valence-corrected chi connectivity index (χ3v) is 12.2. The summed E-state index contributed by atoms with van der Waals surface area (Å²) >= 11 is 0. The molecule has 0 bridgehead atoms. The standard InChI is InChI=1S/C44H67N3O11/c1-13-34-44(9,52)39(50)27(4)36(46-45-30(7)33-20-17-21-54-33)25(2)24-43(8,53-12)40(58-42-37(49)32(47(10)11)22-26(3)55-42)28(5)38(29(6)41(51)56-34)57-35(48)23-31-18-15-14-16-19-31/h14-21,25-29,32,34,37-40,42,49-50,52H,13,22-24H2,1-12H3. The summed E-state index contributed by atoms with van der Waals surface area (Å²) < 4.78 is 37.5. The molecule has 2 aliphatic rings. The van der Waals surface area contributed by atoms with Crippen LogP contribution in [0.1, 0.15) is 92.9 Å². The van der Waals surface area contributed by atoms with Crippen LogP contribution in [0.2, 0.25) is 0 Å². The first kappa shape index (κ1) is 47.2. The number of nitrogens with zero attached hydrogens (tertiary/aromatic N) is 3. The molecular formula is C44H67N3O11. The zero-order valence-corrected chi connectivity index (χ0v) is 36.3. The van der Waals surface area contributed by atoms with Gasteiger partial charge < -0.3 is 48.3 Å². The van der Waals surface area contributed by atoms with Crippen LogP contribution in [-0.4, -0.2) is 125 Å². The summed E-state index contributed by atoms with van der Waals surface area (Å²) in [5.41, 5.74) is -1.54. The fraction of sp³-hybridized carbons (Fsp3) is 0.682. The highest BCUT2D eigenvalue weighted by Gasteiger charge is 2.52. The minimum absolute atomic E-state index is 0.0590. The first-order chi connectivity index (χ1) is 27.2. The third kappa shape index (κ3) is 11.0. The summed E-state index contributed by atoms with van der Waals surface area (Å²) in [6.45, 7) is 15.8. The Labute approximate surface area is 343 Å². The van der Waals surface area contributed by atoms with Gasteiger partial charge in [0.05, 0.1) is 42.5 Å². The normalized spacial score (nSPS) is 38.0. The van der Waals surface area contributed by atoms with Crippen LogP contribution < -0.4 is 0 Å². The molecule has 2 saturated heterocycles. The van der Waals surface area contributed by atoms with Crippen molar-refractivity contribution in [2.24, 2.45) is 33.9 Å². The Balaban J connectivity index is 1.91. The van der Waals surface area contributed by atoms with Crippen molar-refractivity contribution in [1.29, 1.82) is 0 Å². The molecule has 0 spiro atoms. The van der Waals surface area contributed by atoms with E-state index in [1.807, 2.05) is 77.0 Å². The van der Waals surface area contributed by atoms with Crippen molar-refractivity contribution < 1.29 is 53.0 Å². The minimum atomic E-state index is -1.94. The number of methoxy groups -OCH3 is 1. The Morgan fingerprint density at radius 1 is 1.02 bits per heavy atom. The maximum atomic E-state index is 14.3. The first-order valence-corrected chi connectivity index (χ1v) is 20.5. The summed E-state index contributed by atoms with van der Waals surface area (Å²) in [6, 6.07) is 12.3. The van der Waals surface area contributed by atoms with E-state index in [1.54, 1.807) is 46.9 Å². The van der Waals surface area contributed by atoms with Crippen LogP contribution in [0.4, 0.5) is 0 Å². The molecule has 14 unspecified atom stereocenters. The SMILES string of the molecule is CCC1OC(=O)C(C)C(OC(=O)Cc2ccccc2)C(C)C(OC2OC(C)CC(N(C)C)C2O)C(C)(OC)CC(C)C(=NN=C(C)c2ccco2)C(C)C(O)C1(C)O. The topological polar surface area (TPSA) is 182 Å². The van der Waals surface area contributed by atoms with Crippen molar-refractivity contribution in [3.8, 4) is 0 Å². The lowest BCUT2D eigenvalue weighted by Crippen LogP contribution is -2.60. The predicted molar refractivity (Wildman–Crippen MR) is 219 cm³/mol. The van der Waals surface area contributed by atoms with Crippen LogP contribution in [0.3, 0.4) is 0 Å². The highest BCUT2D eigenvalue weighted by atomic mass is 16.7. The number of furan rings is 1. The molecule has 0 saturated carbocycles. The number of carbonyl (C=O) groups excluding carboxylic acids is 2. The van der Waals surface area contributed by atoms with Crippen LogP contribution >= 0.6 is 0 Å². The van der Waals surface area contributed by atoms with Gasteiger partial charge in [-0.25, -0.2) is 0 Å². The number of cyclic esters (lactones) is 1. The van der Waals surface area contributed by atoms with Crippen molar-refractivity contribution in [3.05, 3.63) is 60.1 Å². The maximum absolute atomic E-state index is 14.3. The number of likely N-dealkylation sites (N-methyl/N-ethyl adjacent to an activating group) is 1. The second-order valence-electron chi connectivity index (χ2n) is 17.0. The van der Waals surface area contributed by atoms with Crippen molar-refractivity contribution in [1.82, 2.24) is 4.90 Å². The Morgan fingerprint density at radius 2 is 1.69 bits per heavy atom. The average Bonchev–Trinajstić information content (AvgIpc) is 3.73. The van der Waals surface area contributed by atoms with E-state index in [0.717, 1.165) is 5.56 Å². The van der Waals surface area contributed by atoms with E-state index in [1.165, 1.54) is 13.2 Å². The van der Waals surface area contributed by atoms with E-state index >= 15 is 0 Å². The first-order valence-electron chi connectivity index (χ1n) is 20.5. The van der Waals surface area contributed by atoms with E-state index in [2.05, 4.69) is 5.10 Å². The van der Waals surface area contributed by atoms with Gasteiger partial charge in [-0.05, 0) is 91.6 Å². The molecule has 58 heavy (non-hydrogen) atoms. The van der Waals surface area contributed by atoms with Crippen molar-refractivity contribution >= 4 is 23.4 Å². The molecule has 1 aromatic carbocycles. The summed E-state index contributed by atoms with van der Waals surface area (Å²) in [5.74, 6) is -3.96. The number of aliphatic hydroxyl groups excluding tert-OH is 2. The molecule has 2 aromatic rings. The second kappa shape index (κ2) is 20.2. The van der Waals surface area contributed by atoms with Crippen molar-refractivity contribution in [2.75, 3.05) is 21.2 Å². The molecule has 4 rings (SSSR count). The molecule has 14 atom stereocenters. The molecular weight excluding hydrogens is 746 g/mol. The van der Waals surface area contributed by atoms with Crippen LogP contribution in [0.15, 0.2) is 63.3 Å². The van der Waals surface area contributed by atoms with E-state index in [9.17, 15) is 24.9 Å². The van der Waals surface area contributed by atoms with Crippen molar-refractivity contribution in [3.63, 3.8) is 0 Å². The Bertz CT molecular complexity index is 1680. The maximum Gasteiger partial charge on any atom is 0.312 e. The number of esters is 2. The van der Waals surface area contributed by atoms with E-state index in [4.69, 9.17) is 33.2 Å². The molecule has 3 heterocycles. The number of benzene rings is 1. The second-order valence-corrected chi connectivity index (χ2v) is 17.0. The van der Waals surface area contributed by atoms with Gasteiger partial charge in [-0.15, -0.1) is 0 Å². The lowest BCUT2D eigenvalue weighted by atomic mass is 9.73. The summed E-state index contributed by atoms with van der Waals surface area (Å²) in [6.07, 6.45) is -4.81. The molecule has 0 aliphatic carbocycles. The Morgan fingerprint density at radius 3 is 2.28 bits per heavy atom. The highest BCUT2D eigenvalue weighted by molar-refractivity contribution is 5.97. The third-order valence-electron chi connectivity index (χ3n) is 12.2. The van der Waals surface area contributed by atoms with Gasteiger partial charge >= 0.3 is 11.9 Å². The Hall–Kier alpha value is -3.50. The van der Waals surface area contributed by atoms with Crippen LogP contribution in [0.5, 0.6) is 0 Å². The summed E-state index contributed by atoms with van der Waals surface area (Å²) in [4.78, 5) is 30.0. The molecule has 1 aromatic heterocycles. The lowest BCUT2D eigenvalue weighted by molar-refractivity contribution is -0.301. The predicted octanol–water partition coefficient (Wildman–Crippen LogP) is 5.20. The number of rotatable bonds is 10. The fourth-order valence-corrected chi connectivity index (χ4v) is 8.61. The molecule has 2 aliphatic heterocycles. The number of carbonyl (C=O) groups is 2. The van der Waals surface area contributed by atoms with Gasteiger partial charge in [0.25, 0.3) is 0 Å². The fourth-order valence-electron chi connectivity index (χ4n) is 8.61. The molecule has 0 radical (unpaired) electrons. The molecule has 14 nitrogen and oxygen atoms in total. The molecule has 2 fully saturated rings. The summed E-state index contributed by atoms with van der Waals surface area (Å²) in [5, 5.41) is 44.9. The highest BCUT2D eigenvalue weighted by Crippen LogP contribution is 2.40. The molecule has 324 valence electrons.